The maximum Gasteiger partial charge on any atom is 0.251 e. The molecule has 8 nitrogen and oxygen atoms in total. The molecule has 2 amide bonds. The van der Waals surface area contributed by atoms with Crippen molar-refractivity contribution in [1.82, 2.24) is 20.1 Å². The van der Waals surface area contributed by atoms with E-state index in [1.165, 1.54) is 17.8 Å². The first-order chi connectivity index (χ1) is 15.4. The Balaban J connectivity index is 1.46. The molecule has 3 rings (SSSR count). The van der Waals surface area contributed by atoms with E-state index in [2.05, 4.69) is 20.8 Å². The number of hydrogen-bond donors (Lipinski definition) is 2. The average molecular weight is 494 g/mol. The van der Waals surface area contributed by atoms with Gasteiger partial charge in [0.1, 0.15) is 11.6 Å². The highest BCUT2D eigenvalue weighted by Crippen LogP contribution is 2.22. The van der Waals surface area contributed by atoms with Crippen LogP contribution in [0.25, 0.3) is 0 Å². The van der Waals surface area contributed by atoms with Crippen LogP contribution in [0.5, 0.6) is 5.75 Å². The van der Waals surface area contributed by atoms with Crippen LogP contribution in [-0.4, -0.2) is 46.0 Å². The van der Waals surface area contributed by atoms with Crippen molar-refractivity contribution in [3.8, 4) is 5.75 Å². The zero-order chi connectivity index (χ0) is 23.1. The lowest BCUT2D eigenvalue weighted by atomic mass is 10.2. The number of carbonyl (C=O) groups is 2. The quantitative estimate of drug-likeness (QED) is 0.439. The summed E-state index contributed by atoms with van der Waals surface area (Å²) in [6.07, 6.45) is 0.481. The van der Waals surface area contributed by atoms with Gasteiger partial charge in [-0.15, -0.1) is 10.2 Å². The lowest BCUT2D eigenvalue weighted by Crippen LogP contribution is -2.26. The van der Waals surface area contributed by atoms with Gasteiger partial charge in [-0.25, -0.2) is 0 Å². The molecule has 2 N–H and O–H groups in total. The highest BCUT2D eigenvalue weighted by atomic mass is 35.5. The molecule has 168 valence electrons. The maximum absolute atomic E-state index is 12.2. The van der Waals surface area contributed by atoms with E-state index in [0.717, 1.165) is 5.75 Å². The van der Waals surface area contributed by atoms with Gasteiger partial charge >= 0.3 is 0 Å². The van der Waals surface area contributed by atoms with Crippen LogP contribution >= 0.6 is 35.0 Å². The van der Waals surface area contributed by atoms with Gasteiger partial charge in [0.2, 0.25) is 5.91 Å². The third kappa shape index (κ3) is 6.38. The number of aromatic nitrogens is 3. The summed E-state index contributed by atoms with van der Waals surface area (Å²) in [6, 6.07) is 11.8. The summed E-state index contributed by atoms with van der Waals surface area (Å²) in [5.41, 5.74) is 1.12. The number of thioether (sulfide) groups is 1. The molecular formula is C21H21Cl2N5O3S. The fourth-order valence-electron chi connectivity index (χ4n) is 2.72. The van der Waals surface area contributed by atoms with E-state index in [9.17, 15) is 9.59 Å². The Hall–Kier alpha value is -2.75. The minimum absolute atomic E-state index is 0.154. The largest absolute Gasteiger partial charge is 0.497 e. The molecule has 1 heterocycles. The van der Waals surface area contributed by atoms with Crippen LogP contribution < -0.4 is 15.4 Å². The van der Waals surface area contributed by atoms with Crippen molar-refractivity contribution in [1.29, 1.82) is 0 Å². The predicted molar refractivity (Wildman–Crippen MR) is 126 cm³/mol. The minimum atomic E-state index is -0.254. The van der Waals surface area contributed by atoms with Crippen LogP contribution in [0.2, 0.25) is 10.0 Å². The number of carbonyl (C=O) groups excluding carboxylic acids is 2. The molecule has 0 radical (unpaired) electrons. The van der Waals surface area contributed by atoms with Gasteiger partial charge in [0.15, 0.2) is 5.16 Å². The van der Waals surface area contributed by atoms with E-state index in [0.29, 0.717) is 45.2 Å². The number of nitrogens with one attached hydrogen (secondary N) is 2. The van der Waals surface area contributed by atoms with Gasteiger partial charge in [-0.2, -0.15) is 0 Å². The van der Waals surface area contributed by atoms with Gasteiger partial charge in [-0.3, -0.25) is 9.59 Å². The number of methoxy groups -OCH3 is 1. The first-order valence-electron chi connectivity index (χ1n) is 9.55. The molecule has 1 aromatic heterocycles. The van der Waals surface area contributed by atoms with Crippen molar-refractivity contribution in [3.63, 3.8) is 0 Å². The average Bonchev–Trinajstić information content (AvgIpc) is 3.14. The normalized spacial score (nSPS) is 10.6. The van der Waals surface area contributed by atoms with E-state index >= 15 is 0 Å². The zero-order valence-electron chi connectivity index (χ0n) is 17.4. The van der Waals surface area contributed by atoms with Crippen molar-refractivity contribution in [2.75, 3.05) is 24.7 Å². The van der Waals surface area contributed by atoms with E-state index in [1.54, 1.807) is 48.1 Å². The molecule has 0 aliphatic heterocycles. The number of nitrogens with zero attached hydrogens (tertiary/aromatic N) is 3. The molecule has 11 heteroatoms. The first kappa shape index (κ1) is 23.9. The van der Waals surface area contributed by atoms with E-state index in [1.807, 2.05) is 7.05 Å². The molecule has 2 aromatic carbocycles. The Labute approximate surface area is 199 Å². The number of ether oxygens (including phenoxy) is 1. The highest BCUT2D eigenvalue weighted by Gasteiger charge is 2.13. The predicted octanol–water partition coefficient (Wildman–Crippen LogP) is 3.83. The zero-order valence-corrected chi connectivity index (χ0v) is 19.7. The van der Waals surface area contributed by atoms with Gasteiger partial charge in [-0.05, 0) is 42.5 Å². The summed E-state index contributed by atoms with van der Waals surface area (Å²) in [5, 5.41) is 15.2. The van der Waals surface area contributed by atoms with E-state index in [-0.39, 0.29) is 17.6 Å². The molecule has 0 aliphatic carbocycles. The molecule has 0 saturated carbocycles. The Morgan fingerprint density at radius 3 is 2.53 bits per heavy atom. The topological polar surface area (TPSA) is 98.1 Å². The van der Waals surface area contributed by atoms with Gasteiger partial charge in [0, 0.05) is 31.3 Å². The van der Waals surface area contributed by atoms with Crippen LogP contribution in [0.15, 0.2) is 47.6 Å². The smallest absolute Gasteiger partial charge is 0.251 e. The lowest BCUT2D eigenvalue weighted by molar-refractivity contribution is -0.113. The summed E-state index contributed by atoms with van der Waals surface area (Å²) < 4.78 is 6.90. The van der Waals surface area contributed by atoms with Crippen molar-refractivity contribution in [2.24, 2.45) is 7.05 Å². The highest BCUT2D eigenvalue weighted by molar-refractivity contribution is 7.99. The second-order valence-corrected chi connectivity index (χ2v) is 8.41. The van der Waals surface area contributed by atoms with Crippen LogP contribution in [0, 0.1) is 0 Å². The molecule has 32 heavy (non-hydrogen) atoms. The minimum Gasteiger partial charge on any atom is -0.497 e. The van der Waals surface area contributed by atoms with E-state index in [4.69, 9.17) is 27.9 Å². The molecule has 0 aliphatic rings. The summed E-state index contributed by atoms with van der Waals surface area (Å²) >= 11 is 13.1. The summed E-state index contributed by atoms with van der Waals surface area (Å²) in [6.45, 7) is 0.369. The van der Waals surface area contributed by atoms with Crippen molar-refractivity contribution < 1.29 is 14.3 Å². The Kier molecular flexibility index (Phi) is 8.38. The van der Waals surface area contributed by atoms with Crippen LogP contribution in [0.1, 0.15) is 16.2 Å². The van der Waals surface area contributed by atoms with Crippen LogP contribution in [0.4, 0.5) is 5.69 Å². The number of anilines is 1. The Morgan fingerprint density at radius 1 is 1.09 bits per heavy atom. The lowest BCUT2D eigenvalue weighted by Gasteiger charge is -2.07. The maximum atomic E-state index is 12.2. The summed E-state index contributed by atoms with van der Waals surface area (Å²) in [5.74, 6) is 1.19. The second kappa shape index (κ2) is 11.2. The molecule has 0 spiro atoms. The third-order valence-corrected chi connectivity index (χ3v) is 6.21. The summed E-state index contributed by atoms with van der Waals surface area (Å²) in [4.78, 5) is 24.4. The standard InChI is InChI=1S/C21H21Cl2N5O3S/c1-28-18(9-10-24-20(30)13-3-8-16(22)17(23)11-13)26-27-21(28)32-12-19(29)25-14-4-6-15(31-2)7-5-14/h3-8,11H,9-10,12H2,1-2H3,(H,24,30)(H,25,29). The van der Waals surface area contributed by atoms with Crippen molar-refractivity contribution in [2.45, 2.75) is 11.6 Å². The molecular weight excluding hydrogens is 473 g/mol. The summed E-state index contributed by atoms with van der Waals surface area (Å²) in [7, 11) is 3.41. The molecule has 0 bridgehead atoms. The molecule has 0 saturated heterocycles. The van der Waals surface area contributed by atoms with Gasteiger partial charge < -0.3 is 19.9 Å². The third-order valence-electron chi connectivity index (χ3n) is 4.45. The number of rotatable bonds is 9. The van der Waals surface area contributed by atoms with Gasteiger partial charge in [0.05, 0.1) is 22.9 Å². The monoisotopic (exact) mass is 493 g/mol. The molecule has 3 aromatic rings. The van der Waals surface area contributed by atoms with Crippen LogP contribution in [0.3, 0.4) is 0 Å². The first-order valence-corrected chi connectivity index (χ1v) is 11.3. The van der Waals surface area contributed by atoms with Gasteiger partial charge in [0.25, 0.3) is 5.91 Å². The molecule has 0 atom stereocenters. The fourth-order valence-corrected chi connectivity index (χ4v) is 3.75. The van der Waals surface area contributed by atoms with Gasteiger partial charge in [-0.1, -0.05) is 35.0 Å². The van der Waals surface area contributed by atoms with E-state index < -0.39 is 0 Å². The second-order valence-electron chi connectivity index (χ2n) is 6.66. The number of amides is 2. The van der Waals surface area contributed by atoms with Crippen molar-refractivity contribution in [3.05, 3.63) is 63.9 Å². The Morgan fingerprint density at radius 2 is 1.84 bits per heavy atom. The molecule has 0 fully saturated rings. The van der Waals surface area contributed by atoms with Crippen molar-refractivity contribution >= 4 is 52.5 Å². The van der Waals surface area contributed by atoms with Crippen LogP contribution in [-0.2, 0) is 18.3 Å². The number of benzene rings is 2. The SMILES string of the molecule is COc1ccc(NC(=O)CSc2nnc(CCNC(=O)c3ccc(Cl)c(Cl)c3)n2C)cc1. The molecule has 0 unspecified atom stereocenters. The number of halogens is 2. The Bertz CT molecular complexity index is 1110. The fraction of sp³-hybridized carbons (Fsp3) is 0.238. The number of hydrogen-bond acceptors (Lipinski definition) is 6.